The number of benzene rings is 1. The Morgan fingerprint density at radius 2 is 1.82 bits per heavy atom. The Bertz CT molecular complexity index is 622. The molecular weight excluding hydrogens is 304 g/mol. The van der Waals surface area contributed by atoms with Gasteiger partial charge in [-0.05, 0) is 18.6 Å². The van der Waals surface area contributed by atoms with Crippen LogP contribution < -0.4 is 4.90 Å². The smallest absolute Gasteiger partial charge is 0.318 e. The zero-order valence-electron chi connectivity index (χ0n) is 12.7. The van der Waals surface area contributed by atoms with Gasteiger partial charge in [-0.25, -0.2) is 8.42 Å². The van der Waals surface area contributed by atoms with Crippen molar-refractivity contribution in [2.45, 2.75) is 6.92 Å². The molecule has 1 heterocycles. The van der Waals surface area contributed by atoms with Gasteiger partial charge in [-0.1, -0.05) is 18.2 Å². The summed E-state index contributed by atoms with van der Waals surface area (Å²) in [4.78, 5) is 14.9. The zero-order chi connectivity index (χ0) is 16.2. The molecule has 0 spiro atoms. The molecular formula is C15H22N2O4S. The number of nitrogens with zero attached hydrogens (tertiary/aromatic N) is 2. The van der Waals surface area contributed by atoms with Crippen LogP contribution in [0, 0.1) is 6.92 Å². The molecule has 122 valence electrons. The Kier molecular flexibility index (Phi) is 5.42. The van der Waals surface area contributed by atoms with Gasteiger partial charge in [-0.15, -0.1) is 0 Å². The number of rotatable bonds is 6. The van der Waals surface area contributed by atoms with Crippen LogP contribution in [-0.4, -0.2) is 68.6 Å². The Morgan fingerprint density at radius 1 is 1.18 bits per heavy atom. The van der Waals surface area contributed by atoms with Gasteiger partial charge in [-0.3, -0.25) is 9.69 Å². The predicted octanol–water partition coefficient (Wildman–Crippen LogP) is 0.616. The number of para-hydroxylation sites is 1. The Morgan fingerprint density at radius 3 is 2.41 bits per heavy atom. The lowest BCUT2D eigenvalue weighted by Crippen LogP contribution is -2.48. The maximum absolute atomic E-state index is 11.6. The van der Waals surface area contributed by atoms with E-state index in [-0.39, 0.29) is 5.75 Å². The molecule has 0 atom stereocenters. The average Bonchev–Trinajstić information content (AvgIpc) is 2.45. The van der Waals surface area contributed by atoms with Crippen molar-refractivity contribution in [2.75, 3.05) is 49.1 Å². The van der Waals surface area contributed by atoms with Gasteiger partial charge < -0.3 is 10.0 Å². The molecule has 22 heavy (non-hydrogen) atoms. The maximum atomic E-state index is 11.6. The minimum atomic E-state index is -3.51. The van der Waals surface area contributed by atoms with E-state index in [4.69, 9.17) is 5.11 Å². The normalized spacial score (nSPS) is 16.7. The molecule has 1 aromatic rings. The summed E-state index contributed by atoms with van der Waals surface area (Å²) < 4.78 is 23.2. The second-order valence-electron chi connectivity index (χ2n) is 5.60. The third-order valence-electron chi connectivity index (χ3n) is 3.89. The van der Waals surface area contributed by atoms with Crippen molar-refractivity contribution in [1.29, 1.82) is 0 Å². The van der Waals surface area contributed by atoms with Crippen molar-refractivity contribution in [3.05, 3.63) is 29.8 Å². The number of piperazine rings is 1. The number of hydrogen-bond acceptors (Lipinski definition) is 5. The van der Waals surface area contributed by atoms with Crippen LogP contribution in [0.5, 0.6) is 0 Å². The second kappa shape index (κ2) is 7.11. The van der Waals surface area contributed by atoms with Gasteiger partial charge in [0.2, 0.25) is 0 Å². The van der Waals surface area contributed by atoms with Crippen molar-refractivity contribution < 1.29 is 18.3 Å². The molecule has 1 aliphatic heterocycles. The van der Waals surface area contributed by atoms with E-state index >= 15 is 0 Å². The van der Waals surface area contributed by atoms with Crippen LogP contribution in [-0.2, 0) is 14.6 Å². The molecule has 1 N–H and O–H groups in total. The highest BCUT2D eigenvalue weighted by Crippen LogP contribution is 2.20. The van der Waals surface area contributed by atoms with Gasteiger partial charge in [0.15, 0.2) is 9.84 Å². The van der Waals surface area contributed by atoms with Gasteiger partial charge in [0.1, 0.15) is 5.75 Å². The summed E-state index contributed by atoms with van der Waals surface area (Å²) in [6.45, 7) is 5.76. The van der Waals surface area contributed by atoms with Gasteiger partial charge in [-0.2, -0.15) is 0 Å². The molecule has 0 amide bonds. The first-order valence-electron chi connectivity index (χ1n) is 7.32. The first-order chi connectivity index (χ1) is 10.4. The molecule has 0 aliphatic carbocycles. The number of aryl methyl sites for hydroxylation is 1. The van der Waals surface area contributed by atoms with E-state index in [1.54, 1.807) is 0 Å². The molecule has 0 bridgehead atoms. The van der Waals surface area contributed by atoms with Gasteiger partial charge in [0.05, 0.1) is 5.75 Å². The summed E-state index contributed by atoms with van der Waals surface area (Å²) in [6, 6.07) is 8.22. The Hall–Kier alpha value is -1.60. The van der Waals surface area contributed by atoms with Crippen molar-refractivity contribution in [3.63, 3.8) is 0 Å². The maximum Gasteiger partial charge on any atom is 0.318 e. The molecule has 1 aliphatic rings. The number of carboxylic acids is 1. The highest BCUT2D eigenvalue weighted by Gasteiger charge is 2.21. The average molecular weight is 326 g/mol. The SMILES string of the molecule is Cc1ccccc1N1CCN(CCS(=O)(=O)CC(=O)O)CC1. The van der Waals surface area contributed by atoms with Crippen LogP contribution in [0.2, 0.25) is 0 Å². The van der Waals surface area contributed by atoms with E-state index in [0.717, 1.165) is 26.2 Å². The van der Waals surface area contributed by atoms with E-state index in [1.807, 2.05) is 12.1 Å². The van der Waals surface area contributed by atoms with E-state index in [1.165, 1.54) is 11.3 Å². The summed E-state index contributed by atoms with van der Waals surface area (Å²) in [5, 5.41) is 8.57. The Balaban J connectivity index is 1.83. The molecule has 0 saturated carbocycles. The van der Waals surface area contributed by atoms with Crippen molar-refractivity contribution in [2.24, 2.45) is 0 Å². The largest absolute Gasteiger partial charge is 0.480 e. The number of hydrogen-bond donors (Lipinski definition) is 1. The van der Waals surface area contributed by atoms with Crippen molar-refractivity contribution >= 4 is 21.5 Å². The van der Waals surface area contributed by atoms with Crippen LogP contribution in [0.4, 0.5) is 5.69 Å². The minimum Gasteiger partial charge on any atom is -0.480 e. The molecule has 1 aromatic carbocycles. The van der Waals surface area contributed by atoms with E-state index in [0.29, 0.717) is 6.54 Å². The lowest BCUT2D eigenvalue weighted by molar-refractivity contribution is -0.134. The van der Waals surface area contributed by atoms with E-state index in [9.17, 15) is 13.2 Å². The Labute approximate surface area is 131 Å². The predicted molar refractivity (Wildman–Crippen MR) is 86.1 cm³/mol. The third kappa shape index (κ3) is 4.71. The number of carbonyl (C=O) groups is 1. The van der Waals surface area contributed by atoms with Gasteiger partial charge in [0, 0.05) is 38.4 Å². The van der Waals surface area contributed by atoms with Crippen molar-refractivity contribution in [3.8, 4) is 0 Å². The van der Waals surface area contributed by atoms with Crippen LogP contribution in [0.3, 0.4) is 0 Å². The fourth-order valence-electron chi connectivity index (χ4n) is 2.66. The molecule has 1 saturated heterocycles. The number of carboxylic acid groups (broad SMARTS) is 1. The van der Waals surface area contributed by atoms with Crippen LogP contribution in [0.15, 0.2) is 24.3 Å². The zero-order valence-corrected chi connectivity index (χ0v) is 13.6. The lowest BCUT2D eigenvalue weighted by atomic mass is 10.1. The highest BCUT2D eigenvalue weighted by atomic mass is 32.2. The quantitative estimate of drug-likeness (QED) is 0.825. The fourth-order valence-corrected chi connectivity index (χ4v) is 3.72. The molecule has 1 fully saturated rings. The highest BCUT2D eigenvalue weighted by molar-refractivity contribution is 7.92. The summed E-state index contributed by atoms with van der Waals surface area (Å²) in [7, 11) is -3.51. The summed E-state index contributed by atoms with van der Waals surface area (Å²) in [5.41, 5.74) is 2.46. The lowest BCUT2D eigenvalue weighted by Gasteiger charge is -2.36. The monoisotopic (exact) mass is 326 g/mol. The van der Waals surface area contributed by atoms with Crippen LogP contribution in [0.1, 0.15) is 5.56 Å². The fraction of sp³-hybridized carbons (Fsp3) is 0.533. The molecule has 0 radical (unpaired) electrons. The first kappa shape index (κ1) is 16.8. The van der Waals surface area contributed by atoms with Gasteiger partial charge >= 0.3 is 5.97 Å². The summed E-state index contributed by atoms with van der Waals surface area (Å²) in [5.74, 6) is -2.16. The summed E-state index contributed by atoms with van der Waals surface area (Å²) >= 11 is 0. The standard InChI is InChI=1S/C15H22N2O4S/c1-13-4-2-3-5-14(13)17-8-6-16(7-9-17)10-11-22(20,21)12-15(18)19/h2-5H,6-12H2,1H3,(H,18,19). The van der Waals surface area contributed by atoms with E-state index in [2.05, 4.69) is 28.9 Å². The minimum absolute atomic E-state index is 0.0936. The van der Waals surface area contributed by atoms with E-state index < -0.39 is 21.6 Å². The second-order valence-corrected chi connectivity index (χ2v) is 7.79. The van der Waals surface area contributed by atoms with Gasteiger partial charge in [0.25, 0.3) is 0 Å². The van der Waals surface area contributed by atoms with Crippen LogP contribution >= 0.6 is 0 Å². The first-order valence-corrected chi connectivity index (χ1v) is 9.15. The number of sulfone groups is 1. The number of anilines is 1. The molecule has 6 nitrogen and oxygen atoms in total. The molecule has 0 unspecified atom stereocenters. The summed E-state index contributed by atoms with van der Waals surface area (Å²) in [6.07, 6.45) is 0. The van der Waals surface area contributed by atoms with Crippen LogP contribution in [0.25, 0.3) is 0 Å². The topological polar surface area (TPSA) is 77.9 Å². The molecule has 0 aromatic heterocycles. The third-order valence-corrected chi connectivity index (χ3v) is 5.38. The molecule has 2 rings (SSSR count). The molecule has 7 heteroatoms. The van der Waals surface area contributed by atoms with Crippen molar-refractivity contribution in [1.82, 2.24) is 4.90 Å². The number of aliphatic carboxylic acids is 1.